The van der Waals surface area contributed by atoms with E-state index in [-0.39, 0.29) is 0 Å². The number of nitrogen functional groups attached to an aromatic ring is 1. The van der Waals surface area contributed by atoms with E-state index in [9.17, 15) is 8.60 Å². The summed E-state index contributed by atoms with van der Waals surface area (Å²) in [5.41, 5.74) is 6.16. The summed E-state index contributed by atoms with van der Waals surface area (Å²) in [4.78, 5) is 0.585. The van der Waals surface area contributed by atoms with Crippen molar-refractivity contribution in [2.45, 2.75) is 11.3 Å². The van der Waals surface area contributed by atoms with Crippen LogP contribution in [0.5, 0.6) is 0 Å². The number of nitrogens with two attached hydrogens (primary N) is 1. The number of hydrogen-bond acceptors (Lipinski definition) is 2. The van der Waals surface area contributed by atoms with Crippen LogP contribution >= 0.6 is 15.9 Å². The molecule has 1 aromatic carbocycles. The van der Waals surface area contributed by atoms with E-state index in [2.05, 4.69) is 15.9 Å². The number of anilines is 1. The van der Waals surface area contributed by atoms with Gasteiger partial charge in [-0.3, -0.25) is 8.60 Å². The molecule has 0 aliphatic rings. The number of alkyl halides is 1. The van der Waals surface area contributed by atoms with Crippen LogP contribution in [0.25, 0.3) is 0 Å². The van der Waals surface area contributed by atoms with Gasteiger partial charge < -0.3 is 5.73 Å². The van der Waals surface area contributed by atoms with Crippen molar-refractivity contribution in [3.63, 3.8) is 0 Å². The third-order valence-corrected chi connectivity index (χ3v) is 3.70. The first-order valence-corrected chi connectivity index (χ1v) is 6.25. The van der Waals surface area contributed by atoms with Gasteiger partial charge in [-0.25, -0.2) is 0 Å². The Labute approximate surface area is 93.3 Å². The van der Waals surface area contributed by atoms with Crippen molar-refractivity contribution in [3.05, 3.63) is 22.7 Å². The van der Waals surface area contributed by atoms with Crippen LogP contribution in [0.4, 0.5) is 10.1 Å². The lowest BCUT2D eigenvalue weighted by Crippen LogP contribution is -2.02. The third kappa shape index (κ3) is 3.06. The molecule has 0 aliphatic carbocycles. The lowest BCUT2D eigenvalue weighted by molar-refractivity contribution is 0.488. The highest BCUT2D eigenvalue weighted by atomic mass is 79.9. The molecule has 0 aromatic heterocycles. The molecule has 0 heterocycles. The van der Waals surface area contributed by atoms with E-state index in [1.165, 1.54) is 0 Å². The summed E-state index contributed by atoms with van der Waals surface area (Å²) in [6.45, 7) is -0.442. The SMILES string of the molecule is Nc1cc(Br)ccc1S(=O)CCCF. The molecule has 0 fully saturated rings. The largest absolute Gasteiger partial charge is 0.398 e. The van der Waals surface area contributed by atoms with Crippen molar-refractivity contribution in [2.24, 2.45) is 0 Å². The maximum absolute atomic E-state index is 11.9. The number of hydrogen-bond donors (Lipinski definition) is 1. The second-order valence-electron chi connectivity index (χ2n) is 2.77. The van der Waals surface area contributed by atoms with Gasteiger partial charge >= 0.3 is 0 Å². The van der Waals surface area contributed by atoms with E-state index < -0.39 is 17.5 Å². The molecule has 1 rings (SSSR count). The fourth-order valence-corrected chi connectivity index (χ4v) is 2.53. The van der Waals surface area contributed by atoms with Crippen LogP contribution in [0.1, 0.15) is 6.42 Å². The summed E-state index contributed by atoms with van der Waals surface area (Å²) in [5, 5.41) is 0. The zero-order chi connectivity index (χ0) is 10.6. The molecule has 2 nitrogen and oxygen atoms in total. The molecule has 2 N–H and O–H groups in total. The molecular formula is C9H11BrFNOS. The van der Waals surface area contributed by atoms with Crippen LogP contribution in [0, 0.1) is 0 Å². The minimum atomic E-state index is -1.19. The van der Waals surface area contributed by atoms with Crippen LogP contribution < -0.4 is 5.73 Å². The van der Waals surface area contributed by atoms with Gasteiger partial charge in [0.05, 0.1) is 22.4 Å². The highest BCUT2D eigenvalue weighted by Crippen LogP contribution is 2.21. The molecule has 1 atom stereocenters. The van der Waals surface area contributed by atoms with Crippen molar-refractivity contribution < 1.29 is 8.60 Å². The van der Waals surface area contributed by atoms with Crippen LogP contribution in [0.2, 0.25) is 0 Å². The second-order valence-corrected chi connectivity index (χ2v) is 5.23. The summed E-state index contributed by atoms with van der Waals surface area (Å²) >= 11 is 3.26. The fourth-order valence-electron chi connectivity index (χ4n) is 1.02. The summed E-state index contributed by atoms with van der Waals surface area (Å²) in [7, 11) is -1.19. The Morgan fingerprint density at radius 1 is 1.50 bits per heavy atom. The van der Waals surface area contributed by atoms with E-state index in [0.29, 0.717) is 22.8 Å². The molecule has 0 saturated carbocycles. The summed E-state index contributed by atoms with van der Waals surface area (Å²) in [5.74, 6) is 0.322. The number of benzene rings is 1. The molecule has 0 radical (unpaired) electrons. The predicted molar refractivity (Wildman–Crippen MR) is 60.4 cm³/mol. The van der Waals surface area contributed by atoms with Gasteiger partial charge in [0.15, 0.2) is 0 Å². The van der Waals surface area contributed by atoms with Crippen LogP contribution in [-0.4, -0.2) is 16.6 Å². The molecule has 5 heteroatoms. The Hall–Kier alpha value is -0.420. The molecule has 14 heavy (non-hydrogen) atoms. The van der Waals surface area contributed by atoms with Gasteiger partial charge in [-0.2, -0.15) is 0 Å². The van der Waals surface area contributed by atoms with Crippen molar-refractivity contribution in [2.75, 3.05) is 18.2 Å². The summed E-state index contributed by atoms with van der Waals surface area (Å²) in [6, 6.07) is 5.18. The van der Waals surface area contributed by atoms with Gasteiger partial charge in [0, 0.05) is 15.9 Å². The standard InChI is InChI=1S/C9H11BrFNOS/c10-7-2-3-9(8(12)6-7)14(13)5-1-4-11/h2-3,6H,1,4-5,12H2. The number of rotatable bonds is 4. The molecule has 0 aliphatic heterocycles. The average molecular weight is 280 g/mol. The Balaban J connectivity index is 2.80. The quantitative estimate of drug-likeness (QED) is 0.861. The van der Waals surface area contributed by atoms with E-state index in [1.54, 1.807) is 18.2 Å². The summed E-state index contributed by atoms with van der Waals surface area (Å²) < 4.78 is 24.3. The van der Waals surface area contributed by atoms with E-state index in [4.69, 9.17) is 5.73 Å². The zero-order valence-electron chi connectivity index (χ0n) is 7.50. The highest BCUT2D eigenvalue weighted by molar-refractivity contribution is 9.10. The van der Waals surface area contributed by atoms with Crippen molar-refractivity contribution >= 4 is 32.4 Å². The average Bonchev–Trinajstić information content (AvgIpc) is 2.14. The minimum absolute atomic E-state index is 0.308. The van der Waals surface area contributed by atoms with Crippen molar-refractivity contribution in [3.8, 4) is 0 Å². The van der Waals surface area contributed by atoms with Crippen LogP contribution in [0.15, 0.2) is 27.6 Å². The third-order valence-electron chi connectivity index (χ3n) is 1.68. The van der Waals surface area contributed by atoms with E-state index >= 15 is 0 Å². The molecule has 0 amide bonds. The molecular weight excluding hydrogens is 269 g/mol. The molecule has 0 spiro atoms. The molecule has 78 valence electrons. The Morgan fingerprint density at radius 3 is 2.79 bits per heavy atom. The number of halogens is 2. The second kappa shape index (κ2) is 5.46. The first-order chi connectivity index (χ1) is 6.65. The monoisotopic (exact) mass is 279 g/mol. The Morgan fingerprint density at radius 2 is 2.21 bits per heavy atom. The van der Waals surface area contributed by atoms with Crippen LogP contribution in [0.3, 0.4) is 0 Å². The Bertz CT molecular complexity index is 346. The van der Waals surface area contributed by atoms with Gasteiger partial charge in [0.1, 0.15) is 0 Å². The normalized spacial score (nSPS) is 12.7. The molecule has 0 saturated heterocycles. The van der Waals surface area contributed by atoms with Crippen LogP contribution in [-0.2, 0) is 10.8 Å². The fraction of sp³-hybridized carbons (Fsp3) is 0.333. The maximum atomic E-state index is 11.9. The van der Waals surface area contributed by atoms with Gasteiger partial charge in [0.2, 0.25) is 0 Å². The first kappa shape index (κ1) is 11.7. The van der Waals surface area contributed by atoms with Gasteiger partial charge in [-0.15, -0.1) is 0 Å². The molecule has 1 unspecified atom stereocenters. The van der Waals surface area contributed by atoms with Gasteiger partial charge in [0.25, 0.3) is 0 Å². The topological polar surface area (TPSA) is 43.1 Å². The highest BCUT2D eigenvalue weighted by Gasteiger charge is 2.07. The molecule has 0 bridgehead atoms. The Kier molecular flexibility index (Phi) is 4.54. The summed E-state index contributed by atoms with van der Waals surface area (Å²) in [6.07, 6.45) is 0.308. The van der Waals surface area contributed by atoms with Crippen molar-refractivity contribution in [1.29, 1.82) is 0 Å². The lowest BCUT2D eigenvalue weighted by Gasteiger charge is -2.04. The van der Waals surface area contributed by atoms with Gasteiger partial charge in [-0.05, 0) is 24.6 Å². The first-order valence-electron chi connectivity index (χ1n) is 4.14. The maximum Gasteiger partial charge on any atom is 0.0903 e. The molecule has 1 aromatic rings. The van der Waals surface area contributed by atoms with Crippen molar-refractivity contribution in [1.82, 2.24) is 0 Å². The smallest absolute Gasteiger partial charge is 0.0903 e. The minimum Gasteiger partial charge on any atom is -0.398 e. The lowest BCUT2D eigenvalue weighted by atomic mass is 10.3. The zero-order valence-corrected chi connectivity index (χ0v) is 9.91. The van der Waals surface area contributed by atoms with E-state index in [1.807, 2.05) is 0 Å². The van der Waals surface area contributed by atoms with E-state index in [0.717, 1.165) is 4.47 Å². The predicted octanol–water partition coefficient (Wildman–Crippen LogP) is 2.50. The van der Waals surface area contributed by atoms with Gasteiger partial charge in [-0.1, -0.05) is 15.9 Å².